The number of unbranched alkanes of at least 4 members (excludes halogenated alkanes) is 1. The van der Waals surface area contributed by atoms with E-state index in [0.717, 1.165) is 25.0 Å². The fourth-order valence-corrected chi connectivity index (χ4v) is 3.69. The Morgan fingerprint density at radius 3 is 2.48 bits per heavy atom. The second-order valence-corrected chi connectivity index (χ2v) is 7.98. The zero-order valence-corrected chi connectivity index (χ0v) is 14.8. The molecule has 1 heterocycles. The third kappa shape index (κ3) is 4.94. The van der Waals surface area contributed by atoms with E-state index in [2.05, 4.69) is 44.8 Å². The Bertz CT molecular complexity index is 314. The zero-order valence-electron chi connectivity index (χ0n) is 14.8. The lowest BCUT2D eigenvalue weighted by atomic mass is 9.88. The lowest BCUT2D eigenvalue weighted by Crippen LogP contribution is -2.65. The van der Waals surface area contributed by atoms with Gasteiger partial charge in [-0.2, -0.15) is 0 Å². The molecule has 1 N–H and O–H groups in total. The van der Waals surface area contributed by atoms with Gasteiger partial charge in [0.05, 0.1) is 6.10 Å². The van der Waals surface area contributed by atoms with Crippen LogP contribution >= 0.6 is 0 Å². The maximum atomic E-state index is 5.66. The summed E-state index contributed by atoms with van der Waals surface area (Å²) in [5, 5.41) is 3.87. The summed E-state index contributed by atoms with van der Waals surface area (Å²) < 4.78 is 5.66. The maximum Gasteiger partial charge on any atom is 0.0518 e. The molecule has 3 heteroatoms. The molecule has 0 aromatic carbocycles. The van der Waals surface area contributed by atoms with Gasteiger partial charge in [-0.15, -0.1) is 0 Å². The molecule has 2 aliphatic rings. The highest BCUT2D eigenvalue weighted by Crippen LogP contribution is 2.41. The molecule has 0 amide bonds. The Morgan fingerprint density at radius 2 is 1.90 bits per heavy atom. The quantitative estimate of drug-likeness (QED) is 0.696. The van der Waals surface area contributed by atoms with E-state index in [0.29, 0.717) is 17.7 Å². The first-order chi connectivity index (χ1) is 9.92. The summed E-state index contributed by atoms with van der Waals surface area (Å²) in [5.74, 6) is 1.64. The SMILES string of the molecule is CC(C)OCCCCN1CC(C)(C2CC2)NCC1C(C)C. The van der Waals surface area contributed by atoms with Gasteiger partial charge < -0.3 is 10.1 Å². The number of rotatable bonds is 8. The molecule has 1 aliphatic carbocycles. The van der Waals surface area contributed by atoms with Crippen LogP contribution in [0, 0.1) is 11.8 Å². The number of piperazine rings is 1. The number of ether oxygens (including phenoxy) is 1. The highest BCUT2D eigenvalue weighted by molar-refractivity contribution is 5.04. The molecule has 2 fully saturated rings. The first kappa shape index (κ1) is 17.2. The maximum absolute atomic E-state index is 5.66. The molecule has 1 aliphatic heterocycles. The van der Waals surface area contributed by atoms with Crippen molar-refractivity contribution in [1.29, 1.82) is 0 Å². The molecular formula is C18H36N2O. The molecule has 3 nitrogen and oxygen atoms in total. The smallest absolute Gasteiger partial charge is 0.0518 e. The molecule has 0 radical (unpaired) electrons. The van der Waals surface area contributed by atoms with Gasteiger partial charge in [0.15, 0.2) is 0 Å². The Kier molecular flexibility index (Phi) is 6.10. The van der Waals surface area contributed by atoms with Gasteiger partial charge in [-0.1, -0.05) is 13.8 Å². The predicted octanol–water partition coefficient (Wildman–Crippen LogP) is 3.29. The molecule has 2 rings (SSSR count). The molecule has 1 saturated carbocycles. The summed E-state index contributed by atoms with van der Waals surface area (Å²) >= 11 is 0. The van der Waals surface area contributed by atoms with Gasteiger partial charge in [0.2, 0.25) is 0 Å². The largest absolute Gasteiger partial charge is 0.379 e. The molecule has 2 atom stereocenters. The van der Waals surface area contributed by atoms with Gasteiger partial charge in [-0.3, -0.25) is 4.90 Å². The number of hydrogen-bond donors (Lipinski definition) is 1. The van der Waals surface area contributed by atoms with Crippen LogP contribution in [0.4, 0.5) is 0 Å². The van der Waals surface area contributed by atoms with E-state index in [1.54, 1.807) is 0 Å². The average molecular weight is 296 g/mol. The van der Waals surface area contributed by atoms with Crippen molar-refractivity contribution < 1.29 is 4.74 Å². The second kappa shape index (κ2) is 7.43. The van der Waals surface area contributed by atoms with Crippen molar-refractivity contribution in [2.24, 2.45) is 11.8 Å². The Balaban J connectivity index is 1.80. The summed E-state index contributed by atoms with van der Waals surface area (Å²) in [5.41, 5.74) is 0.361. The molecule has 2 unspecified atom stereocenters. The highest BCUT2D eigenvalue weighted by atomic mass is 16.5. The Labute approximate surface area is 131 Å². The van der Waals surface area contributed by atoms with Gasteiger partial charge in [0, 0.05) is 31.3 Å². The highest BCUT2D eigenvalue weighted by Gasteiger charge is 2.46. The van der Waals surface area contributed by atoms with E-state index in [4.69, 9.17) is 4.74 Å². The molecule has 21 heavy (non-hydrogen) atoms. The minimum absolute atomic E-state index is 0.361. The third-order valence-electron chi connectivity index (χ3n) is 5.25. The predicted molar refractivity (Wildman–Crippen MR) is 89.7 cm³/mol. The minimum Gasteiger partial charge on any atom is -0.379 e. The zero-order chi connectivity index (χ0) is 15.5. The van der Waals surface area contributed by atoms with Gasteiger partial charge in [-0.25, -0.2) is 0 Å². The summed E-state index contributed by atoms with van der Waals surface area (Å²) in [6, 6.07) is 0.697. The van der Waals surface area contributed by atoms with Crippen molar-refractivity contribution >= 4 is 0 Å². The van der Waals surface area contributed by atoms with Crippen LogP contribution in [0.2, 0.25) is 0 Å². The molecule has 1 saturated heterocycles. The topological polar surface area (TPSA) is 24.5 Å². The van der Waals surface area contributed by atoms with E-state index in [1.165, 1.54) is 38.8 Å². The lowest BCUT2D eigenvalue weighted by molar-refractivity contribution is 0.0435. The van der Waals surface area contributed by atoms with E-state index >= 15 is 0 Å². The fraction of sp³-hybridized carbons (Fsp3) is 1.00. The normalized spacial score (nSPS) is 31.3. The first-order valence-corrected chi connectivity index (χ1v) is 9.03. The van der Waals surface area contributed by atoms with Gasteiger partial charge in [-0.05, 0) is 64.8 Å². The van der Waals surface area contributed by atoms with Crippen LogP contribution in [0.5, 0.6) is 0 Å². The molecule has 124 valence electrons. The molecule has 0 aromatic heterocycles. The van der Waals surface area contributed by atoms with Crippen molar-refractivity contribution in [2.45, 2.75) is 78.0 Å². The summed E-state index contributed by atoms with van der Waals surface area (Å²) in [4.78, 5) is 2.76. The summed E-state index contributed by atoms with van der Waals surface area (Å²) in [7, 11) is 0. The Morgan fingerprint density at radius 1 is 1.19 bits per heavy atom. The number of hydrogen-bond acceptors (Lipinski definition) is 3. The van der Waals surface area contributed by atoms with Crippen LogP contribution in [0.25, 0.3) is 0 Å². The van der Waals surface area contributed by atoms with Crippen molar-refractivity contribution in [3.8, 4) is 0 Å². The van der Waals surface area contributed by atoms with Gasteiger partial charge in [0.25, 0.3) is 0 Å². The lowest BCUT2D eigenvalue weighted by Gasteiger charge is -2.48. The first-order valence-electron chi connectivity index (χ1n) is 9.03. The molecule has 0 aromatic rings. The van der Waals surface area contributed by atoms with Crippen molar-refractivity contribution in [3.63, 3.8) is 0 Å². The molecule has 0 bridgehead atoms. The van der Waals surface area contributed by atoms with Crippen LogP contribution in [-0.4, -0.2) is 48.8 Å². The van der Waals surface area contributed by atoms with E-state index in [9.17, 15) is 0 Å². The van der Waals surface area contributed by atoms with Gasteiger partial charge in [0.1, 0.15) is 0 Å². The fourth-order valence-electron chi connectivity index (χ4n) is 3.69. The van der Waals surface area contributed by atoms with Crippen LogP contribution < -0.4 is 5.32 Å². The van der Waals surface area contributed by atoms with Crippen LogP contribution in [0.15, 0.2) is 0 Å². The van der Waals surface area contributed by atoms with Crippen LogP contribution in [0.1, 0.15) is 60.3 Å². The van der Waals surface area contributed by atoms with Gasteiger partial charge >= 0.3 is 0 Å². The van der Waals surface area contributed by atoms with Crippen molar-refractivity contribution in [3.05, 3.63) is 0 Å². The van der Waals surface area contributed by atoms with Crippen LogP contribution in [-0.2, 0) is 4.74 Å². The average Bonchev–Trinajstić information content (AvgIpc) is 3.22. The standard InChI is InChI=1S/C18H36N2O/c1-14(2)17-12-19-18(5,16-8-9-16)13-20(17)10-6-7-11-21-15(3)4/h14-17,19H,6-13H2,1-5H3. The Hall–Kier alpha value is -0.120. The van der Waals surface area contributed by atoms with E-state index in [1.807, 2.05) is 0 Å². The summed E-state index contributed by atoms with van der Waals surface area (Å²) in [6.07, 6.45) is 5.66. The van der Waals surface area contributed by atoms with Crippen molar-refractivity contribution in [2.75, 3.05) is 26.2 Å². The number of nitrogens with zero attached hydrogens (tertiary/aromatic N) is 1. The van der Waals surface area contributed by atoms with Crippen molar-refractivity contribution in [1.82, 2.24) is 10.2 Å². The number of nitrogens with one attached hydrogen (secondary N) is 1. The molecule has 0 spiro atoms. The molecular weight excluding hydrogens is 260 g/mol. The van der Waals surface area contributed by atoms with E-state index < -0.39 is 0 Å². The van der Waals surface area contributed by atoms with E-state index in [-0.39, 0.29) is 0 Å². The monoisotopic (exact) mass is 296 g/mol. The van der Waals surface area contributed by atoms with Crippen LogP contribution in [0.3, 0.4) is 0 Å². The second-order valence-electron chi connectivity index (χ2n) is 7.98. The third-order valence-corrected chi connectivity index (χ3v) is 5.25. The summed E-state index contributed by atoms with van der Waals surface area (Å²) in [6.45, 7) is 15.9. The minimum atomic E-state index is 0.361.